The van der Waals surface area contributed by atoms with Crippen molar-refractivity contribution in [1.82, 2.24) is 0 Å². The summed E-state index contributed by atoms with van der Waals surface area (Å²) in [6, 6.07) is 8.15. The second-order valence-corrected chi connectivity index (χ2v) is 3.62. The van der Waals surface area contributed by atoms with Crippen molar-refractivity contribution in [3.05, 3.63) is 29.8 Å². The Kier molecular flexibility index (Phi) is 3.67. The molecule has 1 rings (SSSR count). The zero-order chi connectivity index (χ0) is 8.81. The molecule has 1 aromatic carbocycles. The summed E-state index contributed by atoms with van der Waals surface area (Å²) in [6.45, 7) is 2.13. The summed E-state index contributed by atoms with van der Waals surface area (Å²) in [5.41, 5.74) is 1.05. The second kappa shape index (κ2) is 4.83. The van der Waals surface area contributed by atoms with Crippen molar-refractivity contribution >= 4 is 18.0 Å². The third-order valence-corrected chi connectivity index (χ3v) is 2.27. The standard InChI is InChI=1S/C9H12N2S/c1-2-12-9-5-3-4-8(6-9)7-11-10/h3-7H,2,10H2,1H3/b11-7+. The molecule has 3 heteroatoms. The molecular formula is C9H12N2S. The van der Waals surface area contributed by atoms with Crippen LogP contribution in [0.2, 0.25) is 0 Å². The summed E-state index contributed by atoms with van der Waals surface area (Å²) in [4.78, 5) is 1.26. The van der Waals surface area contributed by atoms with Gasteiger partial charge in [-0.05, 0) is 23.4 Å². The Labute approximate surface area is 76.9 Å². The first-order valence-electron chi connectivity index (χ1n) is 3.83. The Morgan fingerprint density at radius 2 is 2.42 bits per heavy atom. The van der Waals surface area contributed by atoms with Gasteiger partial charge in [0.05, 0.1) is 6.21 Å². The zero-order valence-electron chi connectivity index (χ0n) is 7.03. The fourth-order valence-electron chi connectivity index (χ4n) is 0.937. The first-order chi connectivity index (χ1) is 5.86. The molecule has 64 valence electrons. The van der Waals surface area contributed by atoms with E-state index >= 15 is 0 Å². The Morgan fingerprint density at radius 3 is 3.08 bits per heavy atom. The topological polar surface area (TPSA) is 38.4 Å². The van der Waals surface area contributed by atoms with Gasteiger partial charge in [-0.15, -0.1) is 11.8 Å². The fraction of sp³-hybridized carbons (Fsp3) is 0.222. The zero-order valence-corrected chi connectivity index (χ0v) is 7.84. The number of hydrogen-bond donors (Lipinski definition) is 1. The predicted molar refractivity (Wildman–Crippen MR) is 54.6 cm³/mol. The van der Waals surface area contributed by atoms with Crippen molar-refractivity contribution in [2.24, 2.45) is 10.9 Å². The van der Waals surface area contributed by atoms with Gasteiger partial charge in [-0.3, -0.25) is 0 Å². The number of benzene rings is 1. The number of hydrogen-bond acceptors (Lipinski definition) is 3. The van der Waals surface area contributed by atoms with E-state index in [0.717, 1.165) is 11.3 Å². The smallest absolute Gasteiger partial charge is 0.0538 e. The van der Waals surface area contributed by atoms with Crippen molar-refractivity contribution < 1.29 is 0 Å². The number of hydrazone groups is 1. The molecule has 0 saturated heterocycles. The SMILES string of the molecule is CCSc1cccc(/C=N/N)c1. The van der Waals surface area contributed by atoms with Crippen LogP contribution in [0.4, 0.5) is 0 Å². The monoisotopic (exact) mass is 180 g/mol. The molecule has 0 aliphatic carbocycles. The highest BCUT2D eigenvalue weighted by Gasteiger charge is 1.92. The Balaban J connectivity index is 2.80. The van der Waals surface area contributed by atoms with Gasteiger partial charge < -0.3 is 5.84 Å². The molecule has 2 N–H and O–H groups in total. The molecule has 0 radical (unpaired) electrons. The van der Waals surface area contributed by atoms with E-state index in [1.807, 2.05) is 23.9 Å². The highest BCUT2D eigenvalue weighted by Crippen LogP contribution is 2.17. The number of nitrogens with zero attached hydrogens (tertiary/aromatic N) is 1. The van der Waals surface area contributed by atoms with Gasteiger partial charge in [-0.25, -0.2) is 0 Å². The summed E-state index contributed by atoms with van der Waals surface area (Å²) in [5.74, 6) is 6.13. The average molecular weight is 180 g/mol. The summed E-state index contributed by atoms with van der Waals surface area (Å²) in [7, 11) is 0. The number of rotatable bonds is 3. The number of nitrogens with two attached hydrogens (primary N) is 1. The van der Waals surface area contributed by atoms with Gasteiger partial charge in [0, 0.05) is 4.90 Å². The molecule has 0 aliphatic heterocycles. The minimum absolute atomic E-state index is 1.05. The van der Waals surface area contributed by atoms with E-state index < -0.39 is 0 Å². The summed E-state index contributed by atoms with van der Waals surface area (Å²) >= 11 is 1.81. The molecule has 0 heterocycles. The maximum atomic E-state index is 5.05. The van der Waals surface area contributed by atoms with Crippen molar-refractivity contribution in [1.29, 1.82) is 0 Å². The molecule has 0 unspecified atom stereocenters. The summed E-state index contributed by atoms with van der Waals surface area (Å²) < 4.78 is 0. The lowest BCUT2D eigenvalue weighted by atomic mass is 10.2. The first-order valence-corrected chi connectivity index (χ1v) is 4.81. The van der Waals surface area contributed by atoms with Gasteiger partial charge in [0.25, 0.3) is 0 Å². The largest absolute Gasteiger partial charge is 0.323 e. The Morgan fingerprint density at radius 1 is 1.58 bits per heavy atom. The molecule has 0 atom stereocenters. The fourth-order valence-corrected chi connectivity index (χ4v) is 1.66. The quantitative estimate of drug-likeness (QED) is 0.335. The van der Waals surface area contributed by atoms with Gasteiger partial charge in [-0.2, -0.15) is 5.10 Å². The maximum absolute atomic E-state index is 5.05. The molecule has 0 fully saturated rings. The molecule has 0 aliphatic rings. The van der Waals surface area contributed by atoms with Gasteiger partial charge in [0.1, 0.15) is 0 Å². The lowest BCUT2D eigenvalue weighted by Crippen LogP contribution is -1.86. The molecule has 0 aromatic heterocycles. The van der Waals surface area contributed by atoms with Crippen LogP contribution in [0.3, 0.4) is 0 Å². The van der Waals surface area contributed by atoms with Gasteiger partial charge >= 0.3 is 0 Å². The van der Waals surface area contributed by atoms with Crippen molar-refractivity contribution in [3.63, 3.8) is 0 Å². The van der Waals surface area contributed by atoms with Crippen LogP contribution in [0.15, 0.2) is 34.3 Å². The van der Waals surface area contributed by atoms with Crippen molar-refractivity contribution in [2.45, 2.75) is 11.8 Å². The predicted octanol–water partition coefficient (Wildman–Crippen LogP) is 2.09. The molecule has 0 saturated carbocycles. The van der Waals surface area contributed by atoms with E-state index in [4.69, 9.17) is 5.84 Å². The van der Waals surface area contributed by atoms with Gasteiger partial charge in [0.15, 0.2) is 0 Å². The maximum Gasteiger partial charge on any atom is 0.0538 e. The van der Waals surface area contributed by atoms with Gasteiger partial charge in [-0.1, -0.05) is 19.1 Å². The van der Waals surface area contributed by atoms with Gasteiger partial charge in [0.2, 0.25) is 0 Å². The van der Waals surface area contributed by atoms with Crippen LogP contribution in [0, 0.1) is 0 Å². The van der Waals surface area contributed by atoms with Crippen LogP contribution in [0.1, 0.15) is 12.5 Å². The lowest BCUT2D eigenvalue weighted by molar-refractivity contribution is 1.26. The highest BCUT2D eigenvalue weighted by molar-refractivity contribution is 7.99. The van der Waals surface area contributed by atoms with E-state index in [1.54, 1.807) is 6.21 Å². The molecule has 1 aromatic rings. The van der Waals surface area contributed by atoms with E-state index in [1.165, 1.54) is 4.90 Å². The minimum Gasteiger partial charge on any atom is -0.323 e. The van der Waals surface area contributed by atoms with Crippen LogP contribution in [0.5, 0.6) is 0 Å². The third kappa shape index (κ3) is 2.58. The van der Waals surface area contributed by atoms with Crippen molar-refractivity contribution in [2.75, 3.05) is 5.75 Å². The molecule has 0 amide bonds. The average Bonchev–Trinajstić information content (AvgIpc) is 2.06. The first kappa shape index (κ1) is 9.13. The molecule has 0 bridgehead atoms. The van der Waals surface area contributed by atoms with Crippen LogP contribution < -0.4 is 5.84 Å². The minimum atomic E-state index is 1.05. The summed E-state index contributed by atoms with van der Waals surface area (Å²) in [6.07, 6.45) is 1.65. The van der Waals surface area contributed by atoms with Crippen LogP contribution in [-0.4, -0.2) is 12.0 Å². The van der Waals surface area contributed by atoms with Crippen LogP contribution in [-0.2, 0) is 0 Å². The number of thioether (sulfide) groups is 1. The van der Waals surface area contributed by atoms with Crippen LogP contribution >= 0.6 is 11.8 Å². The van der Waals surface area contributed by atoms with E-state index in [0.29, 0.717) is 0 Å². The lowest BCUT2D eigenvalue weighted by Gasteiger charge is -1.98. The Bertz CT molecular complexity index is 271. The summed E-state index contributed by atoms with van der Waals surface area (Å²) in [5, 5.41) is 3.47. The Hall–Kier alpha value is -0.960. The van der Waals surface area contributed by atoms with Crippen molar-refractivity contribution in [3.8, 4) is 0 Å². The van der Waals surface area contributed by atoms with E-state index in [9.17, 15) is 0 Å². The molecular weight excluding hydrogens is 168 g/mol. The highest BCUT2D eigenvalue weighted by atomic mass is 32.2. The normalized spacial score (nSPS) is 10.8. The molecule has 12 heavy (non-hydrogen) atoms. The van der Waals surface area contributed by atoms with Crippen LogP contribution in [0.25, 0.3) is 0 Å². The van der Waals surface area contributed by atoms with E-state index in [2.05, 4.69) is 24.2 Å². The second-order valence-electron chi connectivity index (χ2n) is 2.28. The third-order valence-electron chi connectivity index (χ3n) is 1.39. The molecule has 0 spiro atoms. The molecule has 2 nitrogen and oxygen atoms in total. The van der Waals surface area contributed by atoms with E-state index in [-0.39, 0.29) is 0 Å².